The Hall–Kier alpha value is -2.15. The number of carbonyl (C=O) groups excluding carboxylic acids is 2. The van der Waals surface area contributed by atoms with Crippen LogP contribution in [0, 0.1) is 6.92 Å². The lowest BCUT2D eigenvalue weighted by atomic mass is 10.0. The number of hydrogen-bond acceptors (Lipinski definition) is 5. The van der Waals surface area contributed by atoms with Crippen LogP contribution in [0.15, 0.2) is 23.6 Å². The minimum Gasteiger partial charge on any atom is -0.461 e. The van der Waals surface area contributed by atoms with Gasteiger partial charge in [0.2, 0.25) is 5.91 Å². The molecular formula is C18H23N3O3S. The van der Waals surface area contributed by atoms with E-state index in [2.05, 4.69) is 5.10 Å². The predicted octanol–water partition coefficient (Wildman–Crippen LogP) is 2.84. The number of carbonyl (C=O) groups is 2. The third-order valence-corrected chi connectivity index (χ3v) is 5.29. The Bertz CT molecular complexity index is 731. The Balaban J connectivity index is 1.62. The maximum Gasteiger partial charge on any atom is 0.356 e. The Morgan fingerprint density at radius 2 is 2.12 bits per heavy atom. The summed E-state index contributed by atoms with van der Waals surface area (Å²) in [5.74, 6) is -0.164. The topological polar surface area (TPSA) is 64.4 Å². The summed E-state index contributed by atoms with van der Waals surface area (Å²) in [6.07, 6.45) is 2.06. The van der Waals surface area contributed by atoms with E-state index in [4.69, 9.17) is 4.74 Å². The zero-order valence-electron chi connectivity index (χ0n) is 14.6. The number of amides is 1. The Labute approximate surface area is 151 Å². The highest BCUT2D eigenvalue weighted by Crippen LogP contribution is 2.25. The van der Waals surface area contributed by atoms with E-state index in [0.29, 0.717) is 31.8 Å². The first-order valence-corrected chi connectivity index (χ1v) is 9.50. The average molecular weight is 361 g/mol. The van der Waals surface area contributed by atoms with Gasteiger partial charge in [0.15, 0.2) is 0 Å². The summed E-state index contributed by atoms with van der Waals surface area (Å²) in [5.41, 5.74) is 1.31. The van der Waals surface area contributed by atoms with Gasteiger partial charge < -0.3 is 9.64 Å². The number of aromatic nitrogens is 2. The zero-order valence-corrected chi connectivity index (χ0v) is 15.4. The normalized spacial score (nSPS) is 15.4. The first-order chi connectivity index (χ1) is 12.1. The first-order valence-electron chi connectivity index (χ1n) is 8.62. The fourth-order valence-corrected chi connectivity index (χ4v) is 3.88. The van der Waals surface area contributed by atoms with Crippen molar-refractivity contribution in [3.05, 3.63) is 39.8 Å². The van der Waals surface area contributed by atoms with Gasteiger partial charge in [-0.1, -0.05) is 6.07 Å². The van der Waals surface area contributed by atoms with Crippen LogP contribution in [-0.4, -0.2) is 46.3 Å². The molecule has 1 fully saturated rings. The van der Waals surface area contributed by atoms with E-state index in [9.17, 15) is 9.59 Å². The summed E-state index contributed by atoms with van der Waals surface area (Å²) in [5, 5.41) is 6.47. The third kappa shape index (κ3) is 4.10. The highest BCUT2D eigenvalue weighted by atomic mass is 32.1. The maximum absolute atomic E-state index is 12.4. The number of ether oxygens (including phenoxy) is 1. The summed E-state index contributed by atoms with van der Waals surface area (Å²) >= 11 is 1.61. The number of esters is 1. The molecule has 1 aliphatic rings. The second-order valence-electron chi connectivity index (χ2n) is 6.20. The van der Waals surface area contributed by atoms with Crippen molar-refractivity contribution >= 4 is 23.2 Å². The smallest absolute Gasteiger partial charge is 0.356 e. The van der Waals surface area contributed by atoms with Crippen molar-refractivity contribution in [2.75, 3.05) is 19.7 Å². The molecule has 0 radical (unpaired) electrons. The molecule has 0 unspecified atom stereocenters. The van der Waals surface area contributed by atoms with E-state index in [1.54, 1.807) is 29.0 Å². The summed E-state index contributed by atoms with van der Waals surface area (Å²) < 4.78 is 6.91. The van der Waals surface area contributed by atoms with Crippen LogP contribution >= 0.6 is 11.3 Å². The van der Waals surface area contributed by atoms with Crippen molar-refractivity contribution in [1.29, 1.82) is 0 Å². The lowest BCUT2D eigenvalue weighted by molar-refractivity contribution is -0.131. The van der Waals surface area contributed by atoms with Gasteiger partial charge >= 0.3 is 5.97 Å². The molecule has 0 saturated carbocycles. The van der Waals surface area contributed by atoms with E-state index in [0.717, 1.165) is 23.4 Å². The van der Waals surface area contributed by atoms with Gasteiger partial charge in [-0.15, -0.1) is 11.3 Å². The maximum atomic E-state index is 12.4. The molecule has 0 aromatic carbocycles. The first kappa shape index (κ1) is 17.7. The van der Waals surface area contributed by atoms with Gasteiger partial charge in [0.1, 0.15) is 5.69 Å². The highest BCUT2D eigenvalue weighted by Gasteiger charge is 2.27. The van der Waals surface area contributed by atoms with Crippen LogP contribution in [0.4, 0.5) is 0 Å². The molecule has 3 heterocycles. The highest BCUT2D eigenvalue weighted by molar-refractivity contribution is 7.10. The van der Waals surface area contributed by atoms with E-state index >= 15 is 0 Å². The number of rotatable bonds is 5. The second kappa shape index (κ2) is 7.82. The molecule has 0 N–H and O–H groups in total. The van der Waals surface area contributed by atoms with Crippen LogP contribution in [-0.2, 0) is 16.0 Å². The van der Waals surface area contributed by atoms with E-state index in [1.165, 1.54) is 0 Å². The van der Waals surface area contributed by atoms with Crippen molar-refractivity contribution in [2.45, 2.75) is 39.2 Å². The van der Waals surface area contributed by atoms with Gasteiger partial charge in [0, 0.05) is 18.0 Å². The van der Waals surface area contributed by atoms with Gasteiger partial charge in [-0.25, -0.2) is 4.79 Å². The molecule has 25 heavy (non-hydrogen) atoms. The summed E-state index contributed by atoms with van der Waals surface area (Å²) in [6.45, 7) is 5.40. The van der Waals surface area contributed by atoms with Crippen molar-refractivity contribution < 1.29 is 14.3 Å². The molecule has 1 saturated heterocycles. The van der Waals surface area contributed by atoms with Crippen LogP contribution in [0.1, 0.15) is 46.9 Å². The van der Waals surface area contributed by atoms with Gasteiger partial charge in [-0.05, 0) is 44.2 Å². The monoisotopic (exact) mass is 361 g/mol. The predicted molar refractivity (Wildman–Crippen MR) is 95.8 cm³/mol. The van der Waals surface area contributed by atoms with Crippen LogP contribution in [0.3, 0.4) is 0 Å². The van der Waals surface area contributed by atoms with E-state index in [-0.39, 0.29) is 17.9 Å². The molecule has 2 aromatic rings. The SMILES string of the molecule is CCOC(=O)c1cc(C)nn1C1CCN(C(=O)Cc2cccs2)CC1. The molecule has 0 aliphatic carbocycles. The molecule has 0 atom stereocenters. The fourth-order valence-electron chi connectivity index (χ4n) is 3.19. The molecule has 1 amide bonds. The quantitative estimate of drug-likeness (QED) is 0.768. The van der Waals surface area contributed by atoms with E-state index < -0.39 is 0 Å². The van der Waals surface area contributed by atoms with Crippen LogP contribution in [0.2, 0.25) is 0 Å². The van der Waals surface area contributed by atoms with Crippen LogP contribution < -0.4 is 0 Å². The lowest BCUT2D eigenvalue weighted by Gasteiger charge is -2.32. The Kier molecular flexibility index (Phi) is 5.53. The minimum atomic E-state index is -0.334. The zero-order chi connectivity index (χ0) is 17.8. The van der Waals surface area contributed by atoms with Gasteiger partial charge in [0.25, 0.3) is 0 Å². The number of piperidine rings is 1. The largest absolute Gasteiger partial charge is 0.461 e. The molecular weight excluding hydrogens is 338 g/mol. The number of hydrogen-bond donors (Lipinski definition) is 0. The van der Waals surface area contributed by atoms with E-state index in [1.807, 2.05) is 29.3 Å². The van der Waals surface area contributed by atoms with Crippen molar-refractivity contribution in [3.63, 3.8) is 0 Å². The second-order valence-corrected chi connectivity index (χ2v) is 7.24. The average Bonchev–Trinajstić information content (AvgIpc) is 3.24. The molecule has 6 nitrogen and oxygen atoms in total. The molecule has 7 heteroatoms. The Morgan fingerprint density at radius 3 is 2.76 bits per heavy atom. The minimum absolute atomic E-state index is 0.124. The number of thiophene rings is 1. The molecule has 0 spiro atoms. The van der Waals surface area contributed by atoms with Gasteiger partial charge in [-0.2, -0.15) is 5.10 Å². The summed E-state index contributed by atoms with van der Waals surface area (Å²) in [7, 11) is 0. The van der Waals surface area contributed by atoms with Crippen LogP contribution in [0.25, 0.3) is 0 Å². The van der Waals surface area contributed by atoms with Crippen LogP contribution in [0.5, 0.6) is 0 Å². The van der Waals surface area contributed by atoms with Gasteiger partial charge in [0.05, 0.1) is 24.8 Å². The van der Waals surface area contributed by atoms with Crippen molar-refractivity contribution in [1.82, 2.24) is 14.7 Å². The molecule has 1 aliphatic heterocycles. The Morgan fingerprint density at radius 1 is 1.36 bits per heavy atom. The number of aryl methyl sites for hydroxylation is 1. The molecule has 134 valence electrons. The van der Waals surface area contributed by atoms with Gasteiger partial charge in [-0.3, -0.25) is 9.48 Å². The standard InChI is InChI=1S/C18H23N3O3S/c1-3-24-18(23)16-11-13(2)19-21(16)14-6-8-20(9-7-14)17(22)12-15-5-4-10-25-15/h4-5,10-11,14H,3,6-9,12H2,1-2H3. The summed E-state index contributed by atoms with van der Waals surface area (Å²) in [6, 6.07) is 5.86. The fraction of sp³-hybridized carbons (Fsp3) is 0.500. The van der Waals surface area contributed by atoms with Crippen molar-refractivity contribution in [3.8, 4) is 0 Å². The van der Waals surface area contributed by atoms with Crippen molar-refractivity contribution in [2.24, 2.45) is 0 Å². The lowest BCUT2D eigenvalue weighted by Crippen LogP contribution is -2.40. The molecule has 2 aromatic heterocycles. The number of nitrogens with zero attached hydrogens (tertiary/aromatic N) is 3. The third-order valence-electron chi connectivity index (χ3n) is 4.41. The molecule has 0 bridgehead atoms. The molecule has 3 rings (SSSR count). The summed E-state index contributed by atoms with van der Waals surface area (Å²) in [4.78, 5) is 27.5. The number of likely N-dealkylation sites (tertiary alicyclic amines) is 1.